The molecule has 178 valence electrons. The maximum Gasteiger partial charge on any atom is 0.416 e. The van der Waals surface area contributed by atoms with Crippen LogP contribution < -0.4 is 10.2 Å². The van der Waals surface area contributed by atoms with Crippen molar-refractivity contribution in [1.29, 1.82) is 0 Å². The molecule has 0 bridgehead atoms. The van der Waals surface area contributed by atoms with Crippen molar-refractivity contribution in [3.05, 3.63) is 58.8 Å². The molecule has 4 rings (SSSR count). The van der Waals surface area contributed by atoms with Crippen LogP contribution in [0.4, 0.5) is 29.7 Å². The zero-order chi connectivity index (χ0) is 24.6. The smallest absolute Gasteiger partial charge is 0.416 e. The second kappa shape index (κ2) is 9.41. The second-order valence-corrected chi connectivity index (χ2v) is 8.19. The molecule has 0 spiro atoms. The highest BCUT2D eigenvalue weighted by Gasteiger charge is 2.40. The molecule has 3 aromatic rings. The lowest BCUT2D eigenvalue weighted by molar-refractivity contribution is 0.174. The number of carbonyl (C=O) groups is 1. The molecule has 1 aliphatic rings. The Kier molecular flexibility index (Phi) is 6.56. The molecular formula is C22H20ClF3N6O2. The molecule has 1 saturated heterocycles. The van der Waals surface area contributed by atoms with E-state index < -0.39 is 36.0 Å². The van der Waals surface area contributed by atoms with E-state index in [2.05, 4.69) is 25.3 Å². The topological polar surface area (TPSA) is 93.1 Å². The van der Waals surface area contributed by atoms with E-state index in [9.17, 15) is 18.0 Å². The largest absolute Gasteiger partial charge is 0.447 e. The van der Waals surface area contributed by atoms with Crippen molar-refractivity contribution in [2.75, 3.05) is 16.8 Å². The number of cyclic esters (lactones) is 1. The number of hydrogen-bond donors (Lipinski definition) is 1. The molecule has 3 atom stereocenters. The fourth-order valence-electron chi connectivity index (χ4n) is 3.51. The van der Waals surface area contributed by atoms with E-state index in [0.717, 1.165) is 11.1 Å². The zero-order valence-electron chi connectivity index (χ0n) is 18.4. The average Bonchev–Trinajstić information content (AvgIpc) is 3.18. The summed E-state index contributed by atoms with van der Waals surface area (Å²) in [6.07, 6.45) is 0.0929. The monoisotopic (exact) mass is 492 g/mol. The van der Waals surface area contributed by atoms with Crippen LogP contribution in [-0.2, 0) is 4.74 Å². The molecule has 0 radical (unpaired) electrons. The summed E-state index contributed by atoms with van der Waals surface area (Å²) in [5, 5.41) is 2.97. The lowest BCUT2D eigenvalue weighted by Crippen LogP contribution is -2.40. The van der Waals surface area contributed by atoms with Gasteiger partial charge in [-0.25, -0.2) is 37.8 Å². The van der Waals surface area contributed by atoms with Gasteiger partial charge < -0.3 is 10.1 Å². The summed E-state index contributed by atoms with van der Waals surface area (Å²) in [7, 11) is 0. The molecule has 1 fully saturated rings. The van der Waals surface area contributed by atoms with E-state index in [4.69, 9.17) is 16.3 Å². The quantitative estimate of drug-likeness (QED) is 0.516. The molecule has 34 heavy (non-hydrogen) atoms. The molecule has 12 heteroatoms. The van der Waals surface area contributed by atoms with E-state index >= 15 is 0 Å². The van der Waals surface area contributed by atoms with E-state index in [1.807, 2.05) is 0 Å². The second-order valence-electron chi connectivity index (χ2n) is 7.78. The van der Waals surface area contributed by atoms with Gasteiger partial charge in [-0.2, -0.15) is 4.98 Å². The van der Waals surface area contributed by atoms with Crippen molar-refractivity contribution in [3.63, 3.8) is 0 Å². The predicted molar refractivity (Wildman–Crippen MR) is 119 cm³/mol. The number of halogens is 4. The number of nitrogens with zero attached hydrogens (tertiary/aromatic N) is 5. The van der Waals surface area contributed by atoms with Gasteiger partial charge in [-0.3, -0.25) is 0 Å². The van der Waals surface area contributed by atoms with Gasteiger partial charge in [-0.15, -0.1) is 0 Å². The fourth-order valence-corrected chi connectivity index (χ4v) is 3.63. The molecule has 1 N–H and O–H groups in total. The first-order chi connectivity index (χ1) is 16.2. The highest BCUT2D eigenvalue weighted by atomic mass is 35.5. The third kappa shape index (κ3) is 4.60. The fraction of sp³-hybridized carbons (Fsp3) is 0.318. The molecular weight excluding hydrogens is 473 g/mol. The summed E-state index contributed by atoms with van der Waals surface area (Å²) in [6, 6.07) is 2.91. The zero-order valence-corrected chi connectivity index (χ0v) is 19.1. The van der Waals surface area contributed by atoms with Crippen molar-refractivity contribution in [2.24, 2.45) is 0 Å². The number of amides is 1. The summed E-state index contributed by atoms with van der Waals surface area (Å²) in [5.74, 6) is -1.47. The summed E-state index contributed by atoms with van der Waals surface area (Å²) in [6.45, 7) is 4.53. The van der Waals surface area contributed by atoms with Crippen molar-refractivity contribution in [2.45, 2.75) is 39.0 Å². The predicted octanol–water partition coefficient (Wildman–Crippen LogP) is 5.03. The summed E-state index contributed by atoms with van der Waals surface area (Å²) < 4.78 is 47.0. The van der Waals surface area contributed by atoms with Crippen molar-refractivity contribution in [3.8, 4) is 11.1 Å². The van der Waals surface area contributed by atoms with Gasteiger partial charge in [0.15, 0.2) is 17.5 Å². The summed E-state index contributed by atoms with van der Waals surface area (Å²) in [5.41, 5.74) is 1.80. The third-order valence-corrected chi connectivity index (χ3v) is 5.66. The van der Waals surface area contributed by atoms with Crippen LogP contribution in [-0.4, -0.2) is 44.8 Å². The summed E-state index contributed by atoms with van der Waals surface area (Å²) in [4.78, 5) is 29.7. The van der Waals surface area contributed by atoms with Gasteiger partial charge in [0.2, 0.25) is 5.95 Å². The van der Waals surface area contributed by atoms with E-state index in [1.165, 1.54) is 19.1 Å². The molecule has 1 amide bonds. The molecule has 1 aromatic carbocycles. The SMILES string of the molecule is Cc1nc([C@H](C)Nc2ncc(F)c(N3C(=O)OC[C@@H]3[C@H](C)F)n2)ncc1-c1ccc(Cl)c(F)c1. The van der Waals surface area contributed by atoms with Crippen LogP contribution in [0.3, 0.4) is 0 Å². The first-order valence-corrected chi connectivity index (χ1v) is 10.7. The Morgan fingerprint density at radius 3 is 2.62 bits per heavy atom. The summed E-state index contributed by atoms with van der Waals surface area (Å²) >= 11 is 5.75. The Labute approximate surface area is 198 Å². The maximum atomic E-state index is 14.4. The van der Waals surface area contributed by atoms with Crippen LogP contribution in [0.2, 0.25) is 5.02 Å². The van der Waals surface area contributed by atoms with Gasteiger partial charge >= 0.3 is 6.09 Å². The Balaban J connectivity index is 1.57. The first kappa shape index (κ1) is 23.7. The van der Waals surface area contributed by atoms with Crippen LogP contribution >= 0.6 is 11.6 Å². The van der Waals surface area contributed by atoms with Gasteiger partial charge in [0.25, 0.3) is 0 Å². The minimum absolute atomic E-state index is 0.0148. The van der Waals surface area contributed by atoms with Crippen LogP contribution in [0.5, 0.6) is 0 Å². The number of aromatic nitrogens is 4. The average molecular weight is 493 g/mol. The molecule has 3 heterocycles. The van der Waals surface area contributed by atoms with Gasteiger partial charge in [0, 0.05) is 17.5 Å². The number of anilines is 2. The molecule has 0 unspecified atom stereocenters. The first-order valence-electron chi connectivity index (χ1n) is 10.3. The molecule has 2 aromatic heterocycles. The van der Waals surface area contributed by atoms with Gasteiger partial charge in [-0.1, -0.05) is 17.7 Å². The number of benzene rings is 1. The number of rotatable bonds is 6. The molecule has 8 nitrogen and oxygen atoms in total. The van der Waals surface area contributed by atoms with Gasteiger partial charge in [-0.05, 0) is 38.5 Å². The number of nitrogens with one attached hydrogen (secondary N) is 1. The lowest BCUT2D eigenvalue weighted by atomic mass is 10.1. The van der Waals surface area contributed by atoms with Crippen molar-refractivity contribution >= 4 is 29.5 Å². The lowest BCUT2D eigenvalue weighted by Gasteiger charge is -2.22. The standard InChI is InChI=1S/C22H20ClF3N6O2/c1-10(24)18-9-34-22(33)32(18)20-17(26)8-28-21(31-20)30-12(3)19-27-7-14(11(2)29-19)13-4-5-15(23)16(25)6-13/h4-8,10,12,18H,9H2,1-3H3,(H,28,30,31)/t10-,12-,18+/m0/s1. The normalized spacial score (nSPS) is 17.4. The number of carbonyl (C=O) groups excluding carboxylic acids is 1. The van der Waals surface area contributed by atoms with Crippen LogP contribution in [0, 0.1) is 18.6 Å². The maximum absolute atomic E-state index is 14.4. The van der Waals surface area contributed by atoms with Gasteiger partial charge in [0.1, 0.15) is 24.6 Å². The van der Waals surface area contributed by atoms with Crippen LogP contribution in [0.1, 0.15) is 31.4 Å². The Bertz CT molecular complexity index is 1250. The van der Waals surface area contributed by atoms with E-state index in [-0.39, 0.29) is 23.4 Å². The van der Waals surface area contributed by atoms with E-state index in [0.29, 0.717) is 22.6 Å². The number of alkyl halides is 1. The number of hydrogen-bond acceptors (Lipinski definition) is 7. The number of aryl methyl sites for hydroxylation is 1. The van der Waals surface area contributed by atoms with Crippen molar-refractivity contribution in [1.82, 2.24) is 19.9 Å². The highest BCUT2D eigenvalue weighted by molar-refractivity contribution is 6.30. The van der Waals surface area contributed by atoms with E-state index in [1.54, 1.807) is 26.1 Å². The Morgan fingerprint density at radius 1 is 1.18 bits per heavy atom. The van der Waals surface area contributed by atoms with Gasteiger partial charge in [0.05, 0.1) is 17.3 Å². The molecule has 0 saturated carbocycles. The Hall–Kier alpha value is -3.47. The minimum atomic E-state index is -1.46. The molecule has 0 aliphatic carbocycles. The van der Waals surface area contributed by atoms with Crippen LogP contribution in [0.25, 0.3) is 11.1 Å². The number of ether oxygens (including phenoxy) is 1. The molecule has 1 aliphatic heterocycles. The highest BCUT2D eigenvalue weighted by Crippen LogP contribution is 2.29. The minimum Gasteiger partial charge on any atom is -0.447 e. The van der Waals surface area contributed by atoms with Crippen LogP contribution in [0.15, 0.2) is 30.6 Å². The Morgan fingerprint density at radius 2 is 1.94 bits per heavy atom. The van der Waals surface area contributed by atoms with Crippen molar-refractivity contribution < 1.29 is 22.7 Å². The third-order valence-electron chi connectivity index (χ3n) is 5.35.